The van der Waals surface area contributed by atoms with Crippen LogP contribution in [0.4, 0.5) is 5.95 Å². The predicted octanol–water partition coefficient (Wildman–Crippen LogP) is 2.24. The molecular formula is C14H14BrN5O4S. The molecule has 0 aliphatic heterocycles. The standard InChI is InChI=1S/C14H14BrN5O4S/c1-7-12(23-2)18-14(19-13(7)24-3)20-25(21,22)9-6-16-11-8(9)4-5-10(15)17-11/h4-6H,1-3H3,(H,16,17)(H,18,19,20). The molecule has 0 atom stereocenters. The number of nitrogens with zero attached hydrogens (tertiary/aromatic N) is 3. The summed E-state index contributed by atoms with van der Waals surface area (Å²) in [5.41, 5.74) is 1.00. The minimum absolute atomic E-state index is 0.0320. The van der Waals surface area contributed by atoms with Crippen molar-refractivity contribution in [2.45, 2.75) is 11.8 Å². The van der Waals surface area contributed by atoms with Gasteiger partial charge in [-0.3, -0.25) is 0 Å². The van der Waals surface area contributed by atoms with E-state index in [2.05, 4.69) is 40.6 Å². The number of pyridine rings is 1. The molecule has 0 fully saturated rings. The molecule has 0 amide bonds. The maximum Gasteiger partial charge on any atom is 0.266 e. The molecule has 11 heteroatoms. The SMILES string of the molecule is COc1nc(NS(=O)(=O)c2c[nH]c3nc(Br)ccc23)nc(OC)c1C. The number of fused-ring (bicyclic) bond motifs is 1. The van der Waals surface area contributed by atoms with E-state index in [4.69, 9.17) is 9.47 Å². The highest BCUT2D eigenvalue weighted by atomic mass is 79.9. The van der Waals surface area contributed by atoms with Gasteiger partial charge < -0.3 is 14.5 Å². The summed E-state index contributed by atoms with van der Waals surface area (Å²) < 4.78 is 38.6. The number of sulfonamides is 1. The van der Waals surface area contributed by atoms with Crippen LogP contribution in [0.25, 0.3) is 11.0 Å². The quantitative estimate of drug-likeness (QED) is 0.599. The zero-order valence-electron chi connectivity index (χ0n) is 13.5. The summed E-state index contributed by atoms with van der Waals surface area (Å²) >= 11 is 3.24. The van der Waals surface area contributed by atoms with Gasteiger partial charge in [-0.05, 0) is 35.0 Å². The third-order valence-electron chi connectivity index (χ3n) is 3.43. The van der Waals surface area contributed by atoms with E-state index in [1.165, 1.54) is 20.4 Å². The normalized spacial score (nSPS) is 11.5. The second-order valence-corrected chi connectivity index (χ2v) is 7.44. The molecular weight excluding hydrogens is 414 g/mol. The number of ether oxygens (including phenoxy) is 2. The van der Waals surface area contributed by atoms with Crippen molar-refractivity contribution in [2.24, 2.45) is 0 Å². The van der Waals surface area contributed by atoms with Crippen LogP contribution in [0, 0.1) is 6.92 Å². The monoisotopic (exact) mass is 427 g/mol. The first kappa shape index (κ1) is 17.4. The highest BCUT2D eigenvalue weighted by Gasteiger charge is 2.22. The molecule has 0 saturated heterocycles. The average molecular weight is 428 g/mol. The Kier molecular flexibility index (Phi) is 4.52. The number of H-pyrrole nitrogens is 1. The van der Waals surface area contributed by atoms with Gasteiger partial charge in [0.25, 0.3) is 10.0 Å². The smallest absolute Gasteiger partial charge is 0.266 e. The summed E-state index contributed by atoms with van der Waals surface area (Å²) in [6.07, 6.45) is 1.36. The molecule has 25 heavy (non-hydrogen) atoms. The highest BCUT2D eigenvalue weighted by molar-refractivity contribution is 9.10. The molecule has 132 valence electrons. The number of anilines is 1. The molecule has 3 rings (SSSR count). The first-order valence-corrected chi connectivity index (χ1v) is 9.26. The Morgan fingerprint density at radius 1 is 1.12 bits per heavy atom. The van der Waals surface area contributed by atoms with Crippen molar-refractivity contribution in [2.75, 3.05) is 18.9 Å². The van der Waals surface area contributed by atoms with E-state index in [9.17, 15) is 8.42 Å². The molecule has 3 aromatic rings. The number of hydrogen-bond acceptors (Lipinski definition) is 7. The summed E-state index contributed by atoms with van der Waals surface area (Å²) in [5, 5.41) is 0.446. The molecule has 3 heterocycles. The topological polar surface area (TPSA) is 119 Å². The van der Waals surface area contributed by atoms with E-state index in [0.29, 0.717) is 21.2 Å². The molecule has 0 aromatic carbocycles. The maximum absolute atomic E-state index is 12.7. The van der Waals surface area contributed by atoms with Crippen LogP contribution in [0.15, 0.2) is 27.8 Å². The van der Waals surface area contributed by atoms with Crippen molar-refractivity contribution in [3.63, 3.8) is 0 Å². The Hall–Kier alpha value is -2.40. The first-order valence-electron chi connectivity index (χ1n) is 6.98. The van der Waals surface area contributed by atoms with E-state index in [0.717, 1.165) is 0 Å². The van der Waals surface area contributed by atoms with Gasteiger partial charge in [-0.2, -0.15) is 9.97 Å². The van der Waals surface area contributed by atoms with Crippen LogP contribution in [0.1, 0.15) is 5.56 Å². The minimum atomic E-state index is -3.94. The lowest BCUT2D eigenvalue weighted by Gasteiger charge is -2.11. The van der Waals surface area contributed by atoms with Gasteiger partial charge in [-0.1, -0.05) is 0 Å². The van der Waals surface area contributed by atoms with Crippen LogP contribution >= 0.6 is 15.9 Å². The summed E-state index contributed by atoms with van der Waals surface area (Å²) in [6.45, 7) is 1.71. The lowest BCUT2D eigenvalue weighted by Crippen LogP contribution is -2.15. The lowest BCUT2D eigenvalue weighted by molar-refractivity contribution is 0.367. The fourth-order valence-corrected chi connectivity index (χ4v) is 3.69. The average Bonchev–Trinajstić information content (AvgIpc) is 2.99. The molecule has 0 bridgehead atoms. The van der Waals surface area contributed by atoms with Crippen molar-refractivity contribution in [1.82, 2.24) is 19.9 Å². The van der Waals surface area contributed by atoms with Crippen molar-refractivity contribution in [3.8, 4) is 11.8 Å². The number of halogens is 1. The van der Waals surface area contributed by atoms with Crippen LogP contribution in [-0.4, -0.2) is 42.6 Å². The number of aromatic nitrogens is 4. The van der Waals surface area contributed by atoms with E-state index >= 15 is 0 Å². The van der Waals surface area contributed by atoms with Crippen LogP contribution < -0.4 is 14.2 Å². The van der Waals surface area contributed by atoms with E-state index in [1.54, 1.807) is 19.1 Å². The summed E-state index contributed by atoms with van der Waals surface area (Å²) in [6, 6.07) is 3.30. The van der Waals surface area contributed by atoms with E-state index in [1.807, 2.05) is 0 Å². The minimum Gasteiger partial charge on any atom is -0.481 e. The second kappa shape index (κ2) is 6.48. The molecule has 0 saturated carbocycles. The Labute approximate surface area is 152 Å². The Morgan fingerprint density at radius 2 is 1.76 bits per heavy atom. The van der Waals surface area contributed by atoms with E-state index in [-0.39, 0.29) is 22.6 Å². The predicted molar refractivity (Wildman–Crippen MR) is 94.5 cm³/mol. The molecule has 9 nitrogen and oxygen atoms in total. The Morgan fingerprint density at radius 3 is 2.36 bits per heavy atom. The maximum atomic E-state index is 12.7. The van der Waals surface area contributed by atoms with Crippen LogP contribution in [0.2, 0.25) is 0 Å². The molecule has 2 N–H and O–H groups in total. The fraction of sp³-hybridized carbons (Fsp3) is 0.214. The van der Waals surface area contributed by atoms with Gasteiger partial charge in [0.15, 0.2) is 0 Å². The van der Waals surface area contributed by atoms with Gasteiger partial charge in [-0.15, -0.1) is 0 Å². The van der Waals surface area contributed by atoms with Crippen LogP contribution in [-0.2, 0) is 10.0 Å². The van der Waals surface area contributed by atoms with Gasteiger partial charge in [0.05, 0.1) is 19.8 Å². The molecule has 0 unspecified atom stereocenters. The Bertz CT molecular complexity index is 1030. The summed E-state index contributed by atoms with van der Waals surface area (Å²) in [4.78, 5) is 15.1. The van der Waals surface area contributed by atoms with Crippen molar-refractivity contribution in [1.29, 1.82) is 0 Å². The van der Waals surface area contributed by atoms with Gasteiger partial charge >= 0.3 is 0 Å². The van der Waals surface area contributed by atoms with Crippen LogP contribution in [0.3, 0.4) is 0 Å². The zero-order valence-corrected chi connectivity index (χ0v) is 15.9. The van der Waals surface area contributed by atoms with Crippen molar-refractivity contribution >= 4 is 42.9 Å². The molecule has 0 radical (unpaired) electrons. The first-order chi connectivity index (χ1) is 11.9. The summed E-state index contributed by atoms with van der Waals surface area (Å²) in [7, 11) is -1.09. The van der Waals surface area contributed by atoms with Gasteiger partial charge in [0, 0.05) is 11.6 Å². The number of nitrogens with one attached hydrogen (secondary N) is 2. The molecule has 0 spiro atoms. The largest absolute Gasteiger partial charge is 0.481 e. The van der Waals surface area contributed by atoms with Gasteiger partial charge in [0.2, 0.25) is 17.7 Å². The molecule has 0 aliphatic carbocycles. The summed E-state index contributed by atoms with van der Waals surface area (Å²) in [5.74, 6) is 0.280. The van der Waals surface area contributed by atoms with Crippen molar-refractivity contribution < 1.29 is 17.9 Å². The van der Waals surface area contributed by atoms with Gasteiger partial charge in [0.1, 0.15) is 15.1 Å². The van der Waals surface area contributed by atoms with Crippen LogP contribution in [0.5, 0.6) is 11.8 Å². The lowest BCUT2D eigenvalue weighted by atomic mass is 10.3. The second-order valence-electron chi connectivity index (χ2n) is 4.98. The Balaban J connectivity index is 2.04. The molecule has 0 aliphatic rings. The van der Waals surface area contributed by atoms with Crippen molar-refractivity contribution in [3.05, 3.63) is 28.5 Å². The number of methoxy groups -OCH3 is 2. The number of rotatable bonds is 5. The third-order valence-corrected chi connectivity index (χ3v) is 5.23. The fourth-order valence-electron chi connectivity index (χ4n) is 2.27. The highest BCUT2D eigenvalue weighted by Crippen LogP contribution is 2.28. The van der Waals surface area contributed by atoms with Gasteiger partial charge in [-0.25, -0.2) is 18.1 Å². The molecule has 3 aromatic heterocycles. The van der Waals surface area contributed by atoms with E-state index < -0.39 is 10.0 Å². The third kappa shape index (κ3) is 3.24. The number of hydrogen-bond donors (Lipinski definition) is 2. The number of aromatic amines is 1. The zero-order chi connectivity index (χ0) is 18.2.